The SMILES string of the molecule is O=C(O)C1(N2CCOCC2)CCc2c(F)cccc21. The predicted octanol–water partition coefficient (Wildman–Crippen LogP) is 1.38. The minimum atomic E-state index is -1.08. The highest BCUT2D eigenvalue weighted by Crippen LogP contribution is 2.43. The molecule has 1 fully saturated rings. The van der Waals surface area contributed by atoms with Gasteiger partial charge in [0.2, 0.25) is 0 Å². The number of fused-ring (bicyclic) bond motifs is 1. The molecule has 0 amide bonds. The molecule has 0 aromatic heterocycles. The third-order valence-electron chi connectivity index (χ3n) is 4.21. The molecule has 2 aliphatic rings. The summed E-state index contributed by atoms with van der Waals surface area (Å²) < 4.78 is 19.1. The molecule has 0 radical (unpaired) electrons. The van der Waals surface area contributed by atoms with E-state index in [-0.39, 0.29) is 5.82 Å². The normalized spacial score (nSPS) is 27.2. The van der Waals surface area contributed by atoms with Gasteiger partial charge in [0.1, 0.15) is 11.4 Å². The quantitative estimate of drug-likeness (QED) is 0.877. The minimum absolute atomic E-state index is 0.297. The van der Waals surface area contributed by atoms with Gasteiger partial charge >= 0.3 is 5.97 Å². The number of benzene rings is 1. The Kier molecular flexibility index (Phi) is 3.03. The van der Waals surface area contributed by atoms with E-state index < -0.39 is 11.5 Å². The van der Waals surface area contributed by atoms with Crippen molar-refractivity contribution in [3.8, 4) is 0 Å². The van der Waals surface area contributed by atoms with Gasteiger partial charge in [-0.2, -0.15) is 0 Å². The second kappa shape index (κ2) is 4.58. The minimum Gasteiger partial charge on any atom is -0.480 e. The number of carbonyl (C=O) groups is 1. The summed E-state index contributed by atoms with van der Waals surface area (Å²) in [4.78, 5) is 13.8. The maximum atomic E-state index is 13.8. The number of morpholine rings is 1. The number of hydrogen-bond acceptors (Lipinski definition) is 3. The van der Waals surface area contributed by atoms with Crippen molar-refractivity contribution >= 4 is 5.97 Å². The van der Waals surface area contributed by atoms with Crippen LogP contribution in [0.2, 0.25) is 0 Å². The van der Waals surface area contributed by atoms with Crippen molar-refractivity contribution in [3.05, 3.63) is 35.1 Å². The Morgan fingerprint density at radius 1 is 1.37 bits per heavy atom. The van der Waals surface area contributed by atoms with Crippen LogP contribution in [-0.4, -0.2) is 42.3 Å². The van der Waals surface area contributed by atoms with Gasteiger partial charge in [0.05, 0.1) is 13.2 Å². The van der Waals surface area contributed by atoms with Crippen LogP contribution in [0.4, 0.5) is 4.39 Å². The van der Waals surface area contributed by atoms with Crippen LogP contribution < -0.4 is 0 Å². The number of ether oxygens (including phenoxy) is 1. The molecule has 19 heavy (non-hydrogen) atoms. The second-order valence-electron chi connectivity index (χ2n) is 5.03. The molecule has 102 valence electrons. The van der Waals surface area contributed by atoms with E-state index in [4.69, 9.17) is 4.74 Å². The Bertz CT molecular complexity index is 513. The van der Waals surface area contributed by atoms with E-state index in [2.05, 4.69) is 0 Å². The molecule has 1 atom stereocenters. The molecule has 3 rings (SSSR count). The first kappa shape index (κ1) is 12.6. The van der Waals surface area contributed by atoms with Crippen molar-refractivity contribution in [2.24, 2.45) is 0 Å². The first-order chi connectivity index (χ1) is 9.16. The largest absolute Gasteiger partial charge is 0.480 e. The van der Waals surface area contributed by atoms with Gasteiger partial charge in [-0.25, -0.2) is 9.18 Å². The van der Waals surface area contributed by atoms with Crippen LogP contribution in [0.15, 0.2) is 18.2 Å². The molecule has 1 N–H and O–H groups in total. The van der Waals surface area contributed by atoms with E-state index in [1.54, 1.807) is 12.1 Å². The standard InChI is InChI=1S/C14H16FNO3/c15-12-3-1-2-11-10(12)4-5-14(11,13(17)18)16-6-8-19-9-7-16/h1-3H,4-9H2,(H,17,18). The fourth-order valence-corrected chi connectivity index (χ4v) is 3.27. The monoisotopic (exact) mass is 265 g/mol. The summed E-state index contributed by atoms with van der Waals surface area (Å²) in [6.07, 6.45) is 0.907. The highest BCUT2D eigenvalue weighted by molar-refractivity contribution is 5.82. The molecule has 1 saturated heterocycles. The first-order valence-electron chi connectivity index (χ1n) is 6.50. The van der Waals surface area contributed by atoms with Crippen LogP contribution in [-0.2, 0) is 21.5 Å². The molecule has 5 heteroatoms. The van der Waals surface area contributed by atoms with Crippen molar-refractivity contribution in [2.45, 2.75) is 18.4 Å². The van der Waals surface area contributed by atoms with Crippen LogP contribution in [0.25, 0.3) is 0 Å². The Hall–Kier alpha value is -1.46. The number of carboxylic acids is 1. The topological polar surface area (TPSA) is 49.8 Å². The molecule has 1 aromatic rings. The van der Waals surface area contributed by atoms with Gasteiger partial charge in [-0.15, -0.1) is 0 Å². The predicted molar refractivity (Wildman–Crippen MR) is 66.4 cm³/mol. The average Bonchev–Trinajstić information content (AvgIpc) is 2.82. The average molecular weight is 265 g/mol. The van der Waals surface area contributed by atoms with Crippen LogP contribution in [0, 0.1) is 5.82 Å². The lowest BCUT2D eigenvalue weighted by atomic mass is 9.89. The Balaban J connectivity index is 2.09. The zero-order valence-corrected chi connectivity index (χ0v) is 10.6. The molecule has 0 saturated carbocycles. The molecular weight excluding hydrogens is 249 g/mol. The van der Waals surface area contributed by atoms with E-state index >= 15 is 0 Å². The lowest BCUT2D eigenvalue weighted by Crippen LogP contribution is -2.54. The number of aliphatic carboxylic acids is 1. The summed E-state index contributed by atoms with van der Waals surface area (Å²) in [5.41, 5.74) is 0.0830. The van der Waals surface area contributed by atoms with Crippen molar-refractivity contribution in [1.29, 1.82) is 0 Å². The highest BCUT2D eigenvalue weighted by atomic mass is 19.1. The molecule has 4 nitrogen and oxygen atoms in total. The summed E-state index contributed by atoms with van der Waals surface area (Å²) in [5.74, 6) is -1.19. The lowest BCUT2D eigenvalue weighted by molar-refractivity contribution is -0.156. The van der Waals surface area contributed by atoms with Crippen LogP contribution in [0.3, 0.4) is 0 Å². The van der Waals surface area contributed by atoms with Gasteiger partial charge < -0.3 is 9.84 Å². The summed E-state index contributed by atoms with van der Waals surface area (Å²) in [6, 6.07) is 4.74. The van der Waals surface area contributed by atoms with Gasteiger partial charge in [-0.1, -0.05) is 12.1 Å². The third kappa shape index (κ3) is 1.76. The van der Waals surface area contributed by atoms with Gasteiger partial charge in [-0.05, 0) is 30.0 Å². The number of rotatable bonds is 2. The maximum absolute atomic E-state index is 13.8. The van der Waals surface area contributed by atoms with Crippen molar-refractivity contribution in [2.75, 3.05) is 26.3 Å². The Labute approximate surface area is 110 Å². The molecule has 1 aliphatic carbocycles. The van der Waals surface area contributed by atoms with E-state index in [1.807, 2.05) is 4.90 Å². The van der Waals surface area contributed by atoms with Gasteiger partial charge in [-0.3, -0.25) is 4.90 Å². The highest BCUT2D eigenvalue weighted by Gasteiger charge is 2.51. The summed E-state index contributed by atoms with van der Waals surface area (Å²) >= 11 is 0. The van der Waals surface area contributed by atoms with Crippen LogP contribution in [0.1, 0.15) is 17.5 Å². The second-order valence-corrected chi connectivity index (χ2v) is 5.03. The van der Waals surface area contributed by atoms with Gasteiger partial charge in [0.15, 0.2) is 0 Å². The fraction of sp³-hybridized carbons (Fsp3) is 0.500. The maximum Gasteiger partial charge on any atom is 0.328 e. The van der Waals surface area contributed by atoms with Crippen molar-refractivity contribution in [3.63, 3.8) is 0 Å². The van der Waals surface area contributed by atoms with E-state index in [0.717, 1.165) is 0 Å². The summed E-state index contributed by atoms with van der Waals surface area (Å²) in [5, 5.41) is 9.75. The summed E-state index contributed by atoms with van der Waals surface area (Å²) in [7, 11) is 0. The zero-order valence-electron chi connectivity index (χ0n) is 10.6. The summed E-state index contributed by atoms with van der Waals surface area (Å²) in [6.45, 7) is 2.20. The van der Waals surface area contributed by atoms with Crippen LogP contribution in [0.5, 0.6) is 0 Å². The molecule has 1 unspecified atom stereocenters. The third-order valence-corrected chi connectivity index (χ3v) is 4.21. The van der Waals surface area contributed by atoms with Gasteiger partial charge in [0, 0.05) is 13.1 Å². The lowest BCUT2D eigenvalue weighted by Gasteiger charge is -2.40. The van der Waals surface area contributed by atoms with Gasteiger partial charge in [0.25, 0.3) is 0 Å². The molecule has 1 aliphatic heterocycles. The number of hydrogen-bond donors (Lipinski definition) is 1. The van der Waals surface area contributed by atoms with E-state index in [9.17, 15) is 14.3 Å². The zero-order chi connectivity index (χ0) is 13.5. The number of halogens is 1. The van der Waals surface area contributed by atoms with Crippen LogP contribution >= 0.6 is 0 Å². The first-order valence-corrected chi connectivity index (χ1v) is 6.50. The fourth-order valence-electron chi connectivity index (χ4n) is 3.27. The van der Waals surface area contributed by atoms with Crippen molar-refractivity contribution < 1.29 is 19.0 Å². The molecule has 0 bridgehead atoms. The van der Waals surface area contributed by atoms with Crippen molar-refractivity contribution in [1.82, 2.24) is 4.90 Å². The Morgan fingerprint density at radius 3 is 2.79 bits per heavy atom. The molecular formula is C14H16FNO3. The molecule has 1 heterocycles. The number of carboxylic acid groups (broad SMARTS) is 1. The number of nitrogens with zero attached hydrogens (tertiary/aromatic N) is 1. The molecule has 1 aromatic carbocycles. The van der Waals surface area contributed by atoms with E-state index in [1.165, 1.54) is 6.07 Å². The molecule has 0 spiro atoms. The van der Waals surface area contributed by atoms with E-state index in [0.29, 0.717) is 50.3 Å². The smallest absolute Gasteiger partial charge is 0.328 e. The Morgan fingerprint density at radius 2 is 2.11 bits per heavy atom.